The summed E-state index contributed by atoms with van der Waals surface area (Å²) in [6.45, 7) is 3.80. The summed E-state index contributed by atoms with van der Waals surface area (Å²) >= 11 is 0. The van der Waals surface area contributed by atoms with Crippen LogP contribution in [0.5, 0.6) is 0 Å². The SMILES string of the molecule is CC(N)C(=O)N1CCN(C(C)C(F)(F)F)CC1.Cl. The Balaban J connectivity index is 0.00000289. The van der Waals surface area contributed by atoms with Crippen molar-refractivity contribution in [3.05, 3.63) is 0 Å². The fourth-order valence-electron chi connectivity index (χ4n) is 1.82. The van der Waals surface area contributed by atoms with Gasteiger partial charge in [0, 0.05) is 26.2 Å². The van der Waals surface area contributed by atoms with Crippen molar-refractivity contribution in [3.8, 4) is 0 Å². The number of alkyl halides is 3. The zero-order valence-corrected chi connectivity index (χ0v) is 11.2. The molecule has 1 saturated heterocycles. The van der Waals surface area contributed by atoms with Gasteiger partial charge < -0.3 is 10.6 Å². The van der Waals surface area contributed by atoms with Crippen molar-refractivity contribution in [2.75, 3.05) is 26.2 Å². The Hall–Kier alpha value is -0.530. The maximum atomic E-state index is 12.5. The molecule has 0 aliphatic carbocycles. The second-order valence-electron chi connectivity index (χ2n) is 4.37. The van der Waals surface area contributed by atoms with E-state index in [0.717, 1.165) is 6.92 Å². The van der Waals surface area contributed by atoms with Gasteiger partial charge in [-0.25, -0.2) is 0 Å². The van der Waals surface area contributed by atoms with Gasteiger partial charge >= 0.3 is 6.18 Å². The largest absolute Gasteiger partial charge is 0.403 e. The van der Waals surface area contributed by atoms with Gasteiger partial charge in [-0.05, 0) is 13.8 Å². The van der Waals surface area contributed by atoms with Crippen molar-refractivity contribution in [2.24, 2.45) is 5.73 Å². The Kier molecular flexibility index (Phi) is 6.39. The van der Waals surface area contributed by atoms with Crippen LogP contribution in [0.2, 0.25) is 0 Å². The Morgan fingerprint density at radius 3 is 1.94 bits per heavy atom. The van der Waals surface area contributed by atoms with Crippen LogP contribution < -0.4 is 5.73 Å². The fourth-order valence-corrected chi connectivity index (χ4v) is 1.82. The molecule has 1 rings (SSSR count). The van der Waals surface area contributed by atoms with Crippen molar-refractivity contribution in [3.63, 3.8) is 0 Å². The third kappa shape index (κ3) is 4.29. The summed E-state index contributed by atoms with van der Waals surface area (Å²) in [6, 6.07) is -2.06. The van der Waals surface area contributed by atoms with Crippen molar-refractivity contribution in [1.82, 2.24) is 9.80 Å². The monoisotopic (exact) mass is 289 g/mol. The van der Waals surface area contributed by atoms with Gasteiger partial charge in [-0.3, -0.25) is 9.69 Å². The van der Waals surface area contributed by atoms with Crippen LogP contribution in [0.4, 0.5) is 13.2 Å². The van der Waals surface area contributed by atoms with Crippen LogP contribution in [0.25, 0.3) is 0 Å². The number of nitrogens with zero attached hydrogens (tertiary/aromatic N) is 2. The molecular weight excluding hydrogens is 271 g/mol. The zero-order valence-electron chi connectivity index (χ0n) is 10.4. The first-order valence-electron chi connectivity index (χ1n) is 5.58. The molecular formula is C10H19ClF3N3O. The molecule has 4 nitrogen and oxygen atoms in total. The number of piperazine rings is 1. The lowest BCUT2D eigenvalue weighted by molar-refractivity contribution is -0.183. The summed E-state index contributed by atoms with van der Waals surface area (Å²) in [7, 11) is 0. The average Bonchev–Trinajstić information content (AvgIpc) is 2.26. The number of carbonyl (C=O) groups excluding carboxylic acids is 1. The first-order chi connectivity index (χ1) is 7.73. The molecule has 0 bridgehead atoms. The molecule has 2 atom stereocenters. The molecule has 2 unspecified atom stereocenters. The molecule has 0 aromatic heterocycles. The van der Waals surface area contributed by atoms with E-state index in [0.29, 0.717) is 13.1 Å². The summed E-state index contributed by atoms with van der Waals surface area (Å²) in [5.41, 5.74) is 5.45. The van der Waals surface area contributed by atoms with E-state index in [4.69, 9.17) is 5.73 Å². The third-order valence-electron chi connectivity index (χ3n) is 3.04. The van der Waals surface area contributed by atoms with E-state index in [1.165, 1.54) is 9.80 Å². The molecule has 0 saturated carbocycles. The molecule has 1 aliphatic heterocycles. The molecule has 1 heterocycles. The van der Waals surface area contributed by atoms with Crippen molar-refractivity contribution in [1.29, 1.82) is 0 Å². The maximum Gasteiger partial charge on any atom is 0.403 e. The smallest absolute Gasteiger partial charge is 0.339 e. The number of amides is 1. The first-order valence-corrected chi connectivity index (χ1v) is 5.58. The summed E-state index contributed by atoms with van der Waals surface area (Å²) in [5, 5.41) is 0. The summed E-state index contributed by atoms with van der Waals surface area (Å²) in [4.78, 5) is 14.4. The van der Waals surface area contributed by atoms with Crippen LogP contribution in [0.1, 0.15) is 13.8 Å². The molecule has 1 aliphatic rings. The number of carbonyl (C=O) groups is 1. The second kappa shape index (κ2) is 6.58. The van der Waals surface area contributed by atoms with Crippen molar-refractivity contribution >= 4 is 18.3 Å². The predicted molar refractivity (Wildman–Crippen MR) is 64.6 cm³/mol. The van der Waals surface area contributed by atoms with E-state index in [-0.39, 0.29) is 31.4 Å². The van der Waals surface area contributed by atoms with Crippen LogP contribution in [0, 0.1) is 0 Å². The number of rotatable bonds is 2. The highest BCUT2D eigenvalue weighted by Crippen LogP contribution is 2.25. The Morgan fingerprint density at radius 2 is 1.61 bits per heavy atom. The Bertz CT molecular complexity index is 278. The average molecular weight is 290 g/mol. The van der Waals surface area contributed by atoms with E-state index in [9.17, 15) is 18.0 Å². The van der Waals surface area contributed by atoms with E-state index >= 15 is 0 Å². The minimum absolute atomic E-state index is 0. The lowest BCUT2D eigenvalue weighted by atomic mass is 10.2. The molecule has 0 radical (unpaired) electrons. The second-order valence-corrected chi connectivity index (χ2v) is 4.37. The molecule has 108 valence electrons. The first kappa shape index (κ1) is 17.5. The highest BCUT2D eigenvalue weighted by molar-refractivity contribution is 5.85. The van der Waals surface area contributed by atoms with Crippen molar-refractivity contribution < 1.29 is 18.0 Å². The zero-order chi connectivity index (χ0) is 13.2. The molecule has 0 aromatic carbocycles. The van der Waals surface area contributed by atoms with Gasteiger partial charge in [-0.1, -0.05) is 0 Å². The van der Waals surface area contributed by atoms with E-state index in [1.54, 1.807) is 6.92 Å². The van der Waals surface area contributed by atoms with Gasteiger partial charge in [0.15, 0.2) is 0 Å². The van der Waals surface area contributed by atoms with Crippen LogP contribution in [-0.4, -0.2) is 60.1 Å². The lowest BCUT2D eigenvalue weighted by Crippen LogP contribution is -2.56. The number of hydrogen-bond acceptors (Lipinski definition) is 3. The summed E-state index contributed by atoms with van der Waals surface area (Å²) in [6.07, 6.45) is -4.21. The highest BCUT2D eigenvalue weighted by Gasteiger charge is 2.41. The molecule has 18 heavy (non-hydrogen) atoms. The summed E-state index contributed by atoms with van der Waals surface area (Å²) < 4.78 is 37.4. The fraction of sp³-hybridized carbons (Fsp3) is 0.900. The van der Waals surface area contributed by atoms with Crippen LogP contribution in [0.3, 0.4) is 0 Å². The van der Waals surface area contributed by atoms with E-state index < -0.39 is 18.3 Å². The van der Waals surface area contributed by atoms with Crippen LogP contribution >= 0.6 is 12.4 Å². The van der Waals surface area contributed by atoms with E-state index in [1.807, 2.05) is 0 Å². The summed E-state index contributed by atoms with van der Waals surface area (Å²) in [5.74, 6) is -0.204. The maximum absolute atomic E-state index is 12.5. The van der Waals surface area contributed by atoms with Gasteiger partial charge in [0.25, 0.3) is 0 Å². The molecule has 2 N–H and O–H groups in total. The molecule has 8 heteroatoms. The number of hydrogen-bond donors (Lipinski definition) is 1. The van der Waals surface area contributed by atoms with Gasteiger partial charge in [-0.2, -0.15) is 13.2 Å². The lowest BCUT2D eigenvalue weighted by Gasteiger charge is -2.39. The molecule has 1 amide bonds. The van der Waals surface area contributed by atoms with E-state index in [2.05, 4.69) is 0 Å². The van der Waals surface area contributed by atoms with Crippen LogP contribution in [-0.2, 0) is 4.79 Å². The third-order valence-corrected chi connectivity index (χ3v) is 3.04. The van der Waals surface area contributed by atoms with Crippen LogP contribution in [0.15, 0.2) is 0 Å². The number of nitrogens with two attached hydrogens (primary N) is 1. The Morgan fingerprint density at radius 1 is 1.17 bits per heavy atom. The number of halogens is 4. The highest BCUT2D eigenvalue weighted by atomic mass is 35.5. The molecule has 0 spiro atoms. The van der Waals surface area contributed by atoms with Gasteiger partial charge in [-0.15, -0.1) is 12.4 Å². The minimum atomic E-state index is -4.21. The normalized spacial score (nSPS) is 21.1. The van der Waals surface area contributed by atoms with Gasteiger partial charge in [0.1, 0.15) is 6.04 Å². The van der Waals surface area contributed by atoms with Crippen molar-refractivity contribution in [2.45, 2.75) is 32.1 Å². The van der Waals surface area contributed by atoms with Gasteiger partial charge in [0.2, 0.25) is 5.91 Å². The topological polar surface area (TPSA) is 49.6 Å². The molecule has 0 aromatic rings. The predicted octanol–water partition coefficient (Wildman–Crippen LogP) is 0.850. The molecule has 1 fully saturated rings. The quantitative estimate of drug-likeness (QED) is 0.820. The Labute approximate surface area is 111 Å². The standard InChI is InChI=1S/C10H18F3N3O.ClH/c1-7(14)9(17)16-5-3-15(4-6-16)8(2)10(11,12)13;/h7-8H,3-6,14H2,1-2H3;1H. The van der Waals surface area contributed by atoms with Gasteiger partial charge in [0.05, 0.1) is 6.04 Å². The minimum Gasteiger partial charge on any atom is -0.339 e.